The fraction of sp³-hybridized carbons (Fsp3) is 0.462. The molecule has 0 amide bonds. The first-order valence-corrected chi connectivity index (χ1v) is 7.36. The van der Waals surface area contributed by atoms with E-state index in [4.69, 9.17) is 0 Å². The molecule has 88 valence electrons. The second-order valence-corrected chi connectivity index (χ2v) is 6.08. The molecule has 0 aliphatic carbocycles. The van der Waals surface area contributed by atoms with Gasteiger partial charge in [-0.3, -0.25) is 4.79 Å². The topological polar surface area (TPSA) is 17.1 Å². The van der Waals surface area contributed by atoms with E-state index in [0.717, 1.165) is 23.5 Å². The lowest BCUT2D eigenvalue weighted by Crippen LogP contribution is -1.90. The number of carbonyl (C=O) groups is 1. The molecule has 0 spiro atoms. The van der Waals surface area contributed by atoms with Gasteiger partial charge in [0, 0.05) is 10.6 Å². The van der Waals surface area contributed by atoms with Gasteiger partial charge in [0.1, 0.15) is 0 Å². The van der Waals surface area contributed by atoms with Crippen molar-refractivity contribution in [1.29, 1.82) is 0 Å². The van der Waals surface area contributed by atoms with Gasteiger partial charge in [-0.2, -0.15) is 0 Å². The molecule has 0 aromatic heterocycles. The van der Waals surface area contributed by atoms with E-state index in [1.165, 1.54) is 34.7 Å². The van der Waals surface area contributed by atoms with Gasteiger partial charge in [-0.05, 0) is 43.2 Å². The van der Waals surface area contributed by atoms with Crippen LogP contribution in [0.3, 0.4) is 0 Å². The molecule has 0 fully saturated rings. The van der Waals surface area contributed by atoms with Crippen molar-refractivity contribution >= 4 is 28.0 Å². The molecule has 1 aromatic rings. The second-order valence-electron chi connectivity index (χ2n) is 3.78. The van der Waals surface area contributed by atoms with E-state index in [-0.39, 0.29) is 4.45 Å². The molecule has 1 rings (SSSR count). The van der Waals surface area contributed by atoms with Gasteiger partial charge < -0.3 is 0 Å². The lowest BCUT2D eigenvalue weighted by Gasteiger charge is -2.07. The number of thioether (sulfide) groups is 2. The monoisotopic (exact) mass is 254 g/mol. The predicted octanol–water partition coefficient (Wildman–Crippen LogP) is 5.05. The average molecular weight is 254 g/mol. The molecular weight excluding hydrogens is 236 g/mol. The van der Waals surface area contributed by atoms with Gasteiger partial charge in [0.2, 0.25) is 0 Å². The van der Waals surface area contributed by atoms with E-state index in [0.29, 0.717) is 0 Å². The van der Waals surface area contributed by atoms with Gasteiger partial charge in [0.25, 0.3) is 4.45 Å². The van der Waals surface area contributed by atoms with Crippen molar-refractivity contribution in [1.82, 2.24) is 0 Å². The van der Waals surface area contributed by atoms with Crippen LogP contribution in [-0.4, -0.2) is 10.2 Å². The molecular formula is C13H18OS2. The van der Waals surface area contributed by atoms with Crippen molar-refractivity contribution in [3.8, 4) is 0 Å². The number of benzene rings is 1. The highest BCUT2D eigenvalue weighted by molar-refractivity contribution is 8.38. The van der Waals surface area contributed by atoms with Gasteiger partial charge in [0.05, 0.1) is 0 Å². The maximum atomic E-state index is 11.7. The summed E-state index contributed by atoms with van der Waals surface area (Å²) in [7, 11) is 0. The number of aryl methyl sites for hydroxylation is 2. The fourth-order valence-electron chi connectivity index (χ4n) is 1.37. The summed E-state index contributed by atoms with van der Waals surface area (Å²) in [6, 6.07) is 6.14. The van der Waals surface area contributed by atoms with Crippen molar-refractivity contribution in [2.24, 2.45) is 0 Å². The molecule has 0 heterocycles. The standard InChI is InChI=1S/C13H18OS2/c1-4-5-9-15-13(14)16-12-10(2)7-6-8-11(12)3/h6-8H,4-5,9H2,1-3H3. The minimum Gasteiger partial charge on any atom is -0.274 e. The Kier molecular flexibility index (Phi) is 5.99. The Balaban J connectivity index is 2.56. The van der Waals surface area contributed by atoms with Crippen molar-refractivity contribution in [3.05, 3.63) is 29.3 Å². The summed E-state index contributed by atoms with van der Waals surface area (Å²) in [4.78, 5) is 12.8. The Hall–Kier alpha value is -0.410. The Labute approximate surface area is 106 Å². The lowest BCUT2D eigenvalue weighted by atomic mass is 10.2. The summed E-state index contributed by atoms with van der Waals surface area (Å²) in [5.74, 6) is 0.938. The molecule has 0 bridgehead atoms. The summed E-state index contributed by atoms with van der Waals surface area (Å²) in [5, 5.41) is 0. The normalized spacial score (nSPS) is 10.4. The Bertz CT molecular complexity index is 341. The quantitative estimate of drug-likeness (QED) is 0.553. The predicted molar refractivity (Wildman–Crippen MR) is 74.5 cm³/mol. The average Bonchev–Trinajstić information content (AvgIpc) is 2.24. The van der Waals surface area contributed by atoms with Crippen LogP contribution >= 0.6 is 23.5 Å². The zero-order chi connectivity index (χ0) is 12.0. The molecule has 0 atom stereocenters. The number of carbonyl (C=O) groups excluding carboxylic acids is 1. The lowest BCUT2D eigenvalue weighted by molar-refractivity contribution is 0.276. The summed E-state index contributed by atoms with van der Waals surface area (Å²) in [5.41, 5.74) is 2.38. The van der Waals surface area contributed by atoms with Crippen molar-refractivity contribution in [2.45, 2.75) is 38.5 Å². The van der Waals surface area contributed by atoms with Crippen LogP contribution in [0.2, 0.25) is 0 Å². The van der Waals surface area contributed by atoms with Crippen LogP contribution in [-0.2, 0) is 0 Å². The summed E-state index contributed by atoms with van der Waals surface area (Å²) in [6.45, 7) is 6.25. The summed E-state index contributed by atoms with van der Waals surface area (Å²) in [6.07, 6.45) is 2.26. The molecule has 0 aliphatic heterocycles. The molecule has 0 unspecified atom stereocenters. The highest BCUT2D eigenvalue weighted by atomic mass is 32.2. The Morgan fingerprint density at radius 1 is 1.25 bits per heavy atom. The van der Waals surface area contributed by atoms with E-state index in [1.807, 2.05) is 6.07 Å². The number of hydrogen-bond donors (Lipinski definition) is 0. The summed E-state index contributed by atoms with van der Waals surface area (Å²) >= 11 is 2.81. The molecule has 16 heavy (non-hydrogen) atoms. The fourth-order valence-corrected chi connectivity index (χ4v) is 3.33. The van der Waals surface area contributed by atoms with Crippen molar-refractivity contribution in [3.63, 3.8) is 0 Å². The minimum absolute atomic E-state index is 0.214. The Morgan fingerprint density at radius 3 is 2.44 bits per heavy atom. The van der Waals surface area contributed by atoms with E-state index in [1.54, 1.807) is 0 Å². The third-order valence-corrected chi connectivity index (χ3v) is 4.66. The zero-order valence-electron chi connectivity index (χ0n) is 10.1. The number of hydrogen-bond acceptors (Lipinski definition) is 3. The molecule has 0 saturated heterocycles. The SMILES string of the molecule is CCCCSC(=O)Sc1c(C)cccc1C. The van der Waals surface area contributed by atoms with E-state index >= 15 is 0 Å². The molecule has 1 aromatic carbocycles. The third kappa shape index (κ3) is 4.22. The molecule has 0 saturated carbocycles. The highest BCUT2D eigenvalue weighted by Crippen LogP contribution is 2.31. The largest absolute Gasteiger partial charge is 0.274 e. The molecule has 3 heteroatoms. The van der Waals surface area contributed by atoms with Crippen LogP contribution in [0.1, 0.15) is 30.9 Å². The maximum Gasteiger partial charge on any atom is 0.250 e. The van der Waals surface area contributed by atoms with Crippen molar-refractivity contribution < 1.29 is 4.79 Å². The minimum atomic E-state index is 0.214. The first-order valence-electron chi connectivity index (χ1n) is 5.56. The van der Waals surface area contributed by atoms with Gasteiger partial charge in [0.15, 0.2) is 0 Å². The van der Waals surface area contributed by atoms with Gasteiger partial charge in [-0.15, -0.1) is 0 Å². The van der Waals surface area contributed by atoms with Gasteiger partial charge in [-0.1, -0.05) is 43.3 Å². The van der Waals surface area contributed by atoms with Crippen LogP contribution in [0.15, 0.2) is 23.1 Å². The van der Waals surface area contributed by atoms with Crippen LogP contribution in [0.5, 0.6) is 0 Å². The first-order chi connectivity index (χ1) is 7.65. The zero-order valence-corrected chi connectivity index (χ0v) is 11.7. The summed E-state index contributed by atoms with van der Waals surface area (Å²) < 4.78 is 0.214. The molecule has 1 nitrogen and oxygen atoms in total. The molecule has 0 aliphatic rings. The first kappa shape index (κ1) is 13.7. The van der Waals surface area contributed by atoms with E-state index in [2.05, 4.69) is 32.9 Å². The van der Waals surface area contributed by atoms with Crippen LogP contribution in [0.25, 0.3) is 0 Å². The second kappa shape index (κ2) is 7.02. The van der Waals surface area contributed by atoms with E-state index in [9.17, 15) is 4.79 Å². The van der Waals surface area contributed by atoms with Crippen LogP contribution in [0, 0.1) is 13.8 Å². The number of rotatable bonds is 4. The number of unbranched alkanes of at least 4 members (excludes halogenated alkanes) is 1. The van der Waals surface area contributed by atoms with Gasteiger partial charge >= 0.3 is 0 Å². The highest BCUT2D eigenvalue weighted by Gasteiger charge is 2.09. The Morgan fingerprint density at radius 2 is 1.88 bits per heavy atom. The van der Waals surface area contributed by atoms with Crippen LogP contribution in [0.4, 0.5) is 4.79 Å². The van der Waals surface area contributed by atoms with Gasteiger partial charge in [-0.25, -0.2) is 0 Å². The molecule has 0 N–H and O–H groups in total. The maximum absolute atomic E-state index is 11.7. The van der Waals surface area contributed by atoms with E-state index < -0.39 is 0 Å². The van der Waals surface area contributed by atoms with Crippen LogP contribution < -0.4 is 0 Å². The smallest absolute Gasteiger partial charge is 0.250 e. The third-order valence-electron chi connectivity index (χ3n) is 2.31. The van der Waals surface area contributed by atoms with Crippen molar-refractivity contribution in [2.75, 3.05) is 5.75 Å². The molecule has 0 radical (unpaired) electrons.